The molecule has 0 aromatic heterocycles. The Balaban J connectivity index is 0.000000828. The van der Waals surface area contributed by atoms with Crippen LogP contribution < -0.4 is 17.2 Å². The standard InChI is InChI=1S/C36H62O5.2C3H7NO2.C3H9NO/c1-4-5-6-7-8-9-10-16-33(38)40-25-29(37)26-41-34(39)17-13-15-28-19-21-31-30-20-18-27-14-11-12-23-35(27,2)32(30)22-24-36(28,31)3;2*4-2-1-3(5)6;4-2-1-3-5/h27-32,37H,4-26H2,1-3H3;2*1-2,4H2,(H,5,6);5H,1-4H2/t27?,28-,29?,30?,31?,32?,35?,36?;;;/m0.../s1. The highest BCUT2D eigenvalue weighted by Crippen LogP contribution is 2.67. The van der Waals surface area contributed by atoms with Crippen molar-refractivity contribution in [2.45, 2.75) is 181 Å². The average Bonchev–Trinajstić information content (AvgIpc) is 3.52. The molecular weight excluding hydrogens is 743 g/mol. The zero-order valence-electron chi connectivity index (χ0n) is 36.6. The first-order valence-electron chi connectivity index (χ1n) is 22.9. The molecule has 7 unspecified atom stereocenters. The molecule has 13 heteroatoms. The van der Waals surface area contributed by atoms with Crippen LogP contribution in [0.4, 0.5) is 0 Å². The number of carboxylic acid groups (broad SMARTS) is 2. The maximum Gasteiger partial charge on any atom is 0.305 e. The van der Waals surface area contributed by atoms with Gasteiger partial charge in [-0.2, -0.15) is 0 Å². The van der Waals surface area contributed by atoms with Gasteiger partial charge in [0, 0.05) is 32.5 Å². The Hall–Kier alpha value is -2.32. The smallest absolute Gasteiger partial charge is 0.305 e. The first kappa shape index (κ1) is 53.7. The molecule has 0 aromatic carbocycles. The predicted octanol–water partition coefficient (Wildman–Crippen LogP) is 6.96. The number of aliphatic hydroxyl groups is 2. The van der Waals surface area contributed by atoms with Gasteiger partial charge in [0.25, 0.3) is 0 Å². The molecule has 58 heavy (non-hydrogen) atoms. The van der Waals surface area contributed by atoms with Gasteiger partial charge in [0.1, 0.15) is 19.3 Å². The molecule has 0 radical (unpaired) electrons. The second-order valence-corrected chi connectivity index (χ2v) is 17.7. The number of hydrogen-bond donors (Lipinski definition) is 7. The molecule has 4 rings (SSSR count). The van der Waals surface area contributed by atoms with E-state index in [1.165, 1.54) is 89.9 Å². The number of ether oxygens (including phenoxy) is 2. The van der Waals surface area contributed by atoms with Gasteiger partial charge >= 0.3 is 23.9 Å². The lowest BCUT2D eigenvalue weighted by atomic mass is 9.45. The Morgan fingerprint density at radius 1 is 0.638 bits per heavy atom. The topological polar surface area (TPSA) is 246 Å². The number of esters is 2. The van der Waals surface area contributed by atoms with Gasteiger partial charge in [-0.25, -0.2) is 0 Å². The van der Waals surface area contributed by atoms with Crippen LogP contribution >= 0.6 is 0 Å². The number of aliphatic carboxylic acids is 2. The van der Waals surface area contributed by atoms with Crippen LogP contribution in [0.2, 0.25) is 0 Å². The molecule has 0 aliphatic heterocycles. The van der Waals surface area contributed by atoms with Gasteiger partial charge in [-0.15, -0.1) is 0 Å². The predicted molar refractivity (Wildman–Crippen MR) is 228 cm³/mol. The number of carbonyl (C=O) groups is 4. The van der Waals surface area contributed by atoms with Crippen LogP contribution in [0, 0.1) is 40.4 Å². The summed E-state index contributed by atoms with van der Waals surface area (Å²) in [7, 11) is 0. The molecule has 0 amide bonds. The van der Waals surface area contributed by atoms with E-state index in [9.17, 15) is 24.3 Å². The van der Waals surface area contributed by atoms with E-state index >= 15 is 0 Å². The average molecular weight is 828 g/mol. The molecule has 4 fully saturated rings. The molecule has 4 aliphatic rings. The second kappa shape index (κ2) is 30.7. The van der Waals surface area contributed by atoms with Gasteiger partial charge < -0.3 is 47.1 Å². The summed E-state index contributed by atoms with van der Waals surface area (Å²) < 4.78 is 10.5. The van der Waals surface area contributed by atoms with Gasteiger partial charge in [0.2, 0.25) is 0 Å². The quantitative estimate of drug-likeness (QED) is 0.0432. The van der Waals surface area contributed by atoms with Crippen LogP contribution in [-0.4, -0.2) is 89.9 Å². The van der Waals surface area contributed by atoms with E-state index in [1.54, 1.807) is 0 Å². The van der Waals surface area contributed by atoms with E-state index in [0.717, 1.165) is 68.1 Å². The van der Waals surface area contributed by atoms with Gasteiger partial charge in [-0.1, -0.05) is 72.1 Å². The zero-order chi connectivity index (χ0) is 43.4. The van der Waals surface area contributed by atoms with Crippen LogP contribution in [0.1, 0.15) is 175 Å². The van der Waals surface area contributed by atoms with Crippen molar-refractivity contribution in [1.29, 1.82) is 0 Å². The van der Waals surface area contributed by atoms with Gasteiger partial charge in [0.05, 0.1) is 12.8 Å². The van der Waals surface area contributed by atoms with E-state index in [0.29, 0.717) is 30.2 Å². The SMILES string of the molecule is CCCCCCCCCC(=O)OCC(O)COC(=O)CCC[C@H]1CCC2C3CCC4CCCCC4(C)C3CCC21C.NCCC(=O)O.NCCC(=O)O.NCCCO. The molecule has 10 N–H and O–H groups in total. The molecule has 0 spiro atoms. The molecule has 0 bridgehead atoms. The Kier molecular flexibility index (Phi) is 28.4. The fraction of sp³-hybridized carbons (Fsp3) is 0.911. The van der Waals surface area contributed by atoms with Crippen LogP contribution in [0.5, 0.6) is 0 Å². The molecular formula is C45H85N3O10. The minimum atomic E-state index is -0.956. The first-order valence-corrected chi connectivity index (χ1v) is 22.9. The summed E-state index contributed by atoms with van der Waals surface area (Å²) in [4.78, 5) is 43.4. The molecule has 0 aromatic rings. The lowest BCUT2D eigenvalue weighted by Gasteiger charge is -2.60. The highest BCUT2D eigenvalue weighted by molar-refractivity contribution is 5.70. The second-order valence-electron chi connectivity index (χ2n) is 17.7. The molecule has 0 saturated heterocycles. The lowest BCUT2D eigenvalue weighted by molar-refractivity contribution is -0.152. The number of fused-ring (bicyclic) bond motifs is 5. The zero-order valence-corrected chi connectivity index (χ0v) is 36.6. The minimum Gasteiger partial charge on any atom is -0.481 e. The Bertz CT molecular complexity index is 1130. The molecule has 13 nitrogen and oxygen atoms in total. The summed E-state index contributed by atoms with van der Waals surface area (Å²) in [5.41, 5.74) is 15.7. The van der Waals surface area contributed by atoms with Gasteiger partial charge in [-0.05, 0) is 124 Å². The number of unbranched alkanes of at least 4 members (excludes halogenated alkanes) is 6. The summed E-state index contributed by atoms with van der Waals surface area (Å²) >= 11 is 0. The first-order chi connectivity index (χ1) is 27.7. The lowest BCUT2D eigenvalue weighted by Crippen LogP contribution is -2.52. The molecule has 8 atom stereocenters. The highest BCUT2D eigenvalue weighted by atomic mass is 16.6. The summed E-state index contributed by atoms with van der Waals surface area (Å²) in [5, 5.41) is 33.8. The third-order valence-corrected chi connectivity index (χ3v) is 13.6. The molecule has 0 heterocycles. The maximum absolute atomic E-state index is 12.4. The van der Waals surface area contributed by atoms with Crippen molar-refractivity contribution < 1.29 is 49.1 Å². The maximum atomic E-state index is 12.4. The van der Waals surface area contributed by atoms with Crippen molar-refractivity contribution >= 4 is 23.9 Å². The van der Waals surface area contributed by atoms with Crippen LogP contribution in [-0.2, 0) is 28.7 Å². The summed E-state index contributed by atoms with van der Waals surface area (Å²) in [6.45, 7) is 8.53. The number of aliphatic hydroxyl groups excluding tert-OH is 2. The van der Waals surface area contributed by atoms with E-state index in [1.807, 2.05) is 0 Å². The van der Waals surface area contributed by atoms with Crippen molar-refractivity contribution in [3.05, 3.63) is 0 Å². The fourth-order valence-electron chi connectivity index (χ4n) is 10.5. The van der Waals surface area contributed by atoms with Crippen LogP contribution in [0.3, 0.4) is 0 Å². The van der Waals surface area contributed by atoms with Crippen molar-refractivity contribution in [3.63, 3.8) is 0 Å². The number of carbonyl (C=O) groups excluding carboxylic acids is 2. The Morgan fingerprint density at radius 3 is 1.72 bits per heavy atom. The van der Waals surface area contributed by atoms with Crippen molar-refractivity contribution in [2.24, 2.45) is 57.6 Å². The van der Waals surface area contributed by atoms with Crippen molar-refractivity contribution in [2.75, 3.05) is 39.5 Å². The van der Waals surface area contributed by atoms with Crippen LogP contribution in [0.15, 0.2) is 0 Å². The monoisotopic (exact) mass is 828 g/mol. The number of hydrogen-bond acceptors (Lipinski definition) is 11. The Morgan fingerprint density at radius 2 is 1.21 bits per heavy atom. The van der Waals surface area contributed by atoms with E-state index in [2.05, 4.69) is 20.8 Å². The largest absolute Gasteiger partial charge is 0.481 e. The van der Waals surface area contributed by atoms with Gasteiger partial charge in [-0.3, -0.25) is 19.2 Å². The van der Waals surface area contributed by atoms with Gasteiger partial charge in [0.15, 0.2) is 0 Å². The molecule has 4 saturated carbocycles. The molecule has 4 aliphatic carbocycles. The van der Waals surface area contributed by atoms with Crippen molar-refractivity contribution in [3.8, 4) is 0 Å². The molecule has 340 valence electrons. The summed E-state index contributed by atoms with van der Waals surface area (Å²) in [6, 6.07) is 0. The summed E-state index contributed by atoms with van der Waals surface area (Å²) in [6.07, 6.45) is 25.0. The van der Waals surface area contributed by atoms with E-state index < -0.39 is 18.0 Å². The van der Waals surface area contributed by atoms with E-state index in [-0.39, 0.29) is 57.7 Å². The third-order valence-electron chi connectivity index (χ3n) is 13.6. The number of nitrogens with two attached hydrogens (primary N) is 3. The number of carboxylic acids is 2. The fourth-order valence-corrected chi connectivity index (χ4v) is 10.5. The Labute approximate surface area is 350 Å². The van der Waals surface area contributed by atoms with E-state index in [4.69, 9.17) is 42.0 Å². The summed E-state index contributed by atoms with van der Waals surface area (Å²) in [5.74, 6) is 2.25. The minimum absolute atomic E-state index is 0.0694. The van der Waals surface area contributed by atoms with Crippen LogP contribution in [0.25, 0.3) is 0 Å². The third kappa shape index (κ3) is 19.8. The van der Waals surface area contributed by atoms with Crippen molar-refractivity contribution in [1.82, 2.24) is 0 Å². The number of rotatable bonds is 22. The normalized spacial score (nSPS) is 27.3. The highest BCUT2D eigenvalue weighted by Gasteiger charge is 2.59.